The maximum Gasteiger partial charge on any atom is 0.240 e. The van der Waals surface area contributed by atoms with Gasteiger partial charge in [0.1, 0.15) is 0 Å². The molecule has 0 saturated carbocycles. The first-order valence-electron chi connectivity index (χ1n) is 7.84. The third-order valence-corrected chi connectivity index (χ3v) is 5.01. The third-order valence-electron chi connectivity index (χ3n) is 5.01. The molecule has 2 N–H and O–H groups in total. The van der Waals surface area contributed by atoms with Gasteiger partial charge in [-0.3, -0.25) is 9.69 Å². The predicted octanol–water partition coefficient (Wildman–Crippen LogP) is 1.45. The molecule has 110 valence electrons. The summed E-state index contributed by atoms with van der Waals surface area (Å²) in [6, 6.07) is 0.539. The monoisotopic (exact) mass is 267 g/mol. The number of piperazine rings is 1. The summed E-state index contributed by atoms with van der Waals surface area (Å²) in [5, 5.41) is 0. The van der Waals surface area contributed by atoms with Crippen LogP contribution in [-0.4, -0.2) is 53.5 Å². The number of piperidine rings is 1. The van der Waals surface area contributed by atoms with Crippen LogP contribution in [0.3, 0.4) is 0 Å². The van der Waals surface area contributed by atoms with Crippen molar-refractivity contribution in [3.05, 3.63) is 0 Å². The fraction of sp³-hybridized carbons (Fsp3) is 0.933. The molecule has 0 aliphatic carbocycles. The number of nitrogens with zero attached hydrogens (tertiary/aromatic N) is 2. The summed E-state index contributed by atoms with van der Waals surface area (Å²) >= 11 is 0. The fourth-order valence-corrected chi connectivity index (χ4v) is 3.35. The molecule has 4 nitrogen and oxygen atoms in total. The van der Waals surface area contributed by atoms with Crippen molar-refractivity contribution >= 4 is 5.91 Å². The van der Waals surface area contributed by atoms with E-state index in [1.165, 1.54) is 25.8 Å². The molecule has 2 fully saturated rings. The highest BCUT2D eigenvalue weighted by atomic mass is 16.2. The molecule has 2 aliphatic rings. The lowest BCUT2D eigenvalue weighted by Crippen LogP contribution is -2.62. The maximum atomic E-state index is 12.6. The Morgan fingerprint density at radius 3 is 2.79 bits per heavy atom. The van der Waals surface area contributed by atoms with E-state index in [0.29, 0.717) is 12.1 Å². The van der Waals surface area contributed by atoms with Crippen LogP contribution < -0.4 is 5.73 Å². The number of carbonyl (C=O) groups is 1. The van der Waals surface area contributed by atoms with Crippen molar-refractivity contribution in [2.75, 3.05) is 19.6 Å². The van der Waals surface area contributed by atoms with Gasteiger partial charge in [-0.25, -0.2) is 0 Å². The van der Waals surface area contributed by atoms with Crippen molar-refractivity contribution in [2.45, 2.75) is 64.6 Å². The normalized spacial score (nSPS) is 31.7. The van der Waals surface area contributed by atoms with E-state index >= 15 is 0 Å². The predicted molar refractivity (Wildman–Crippen MR) is 77.8 cm³/mol. The van der Waals surface area contributed by atoms with E-state index in [1.807, 2.05) is 4.90 Å². The smallest absolute Gasteiger partial charge is 0.240 e. The Labute approximate surface area is 117 Å². The van der Waals surface area contributed by atoms with E-state index in [0.717, 1.165) is 19.5 Å². The van der Waals surface area contributed by atoms with Crippen LogP contribution in [0.4, 0.5) is 0 Å². The summed E-state index contributed by atoms with van der Waals surface area (Å²) in [5.74, 6) is 0.427. The molecule has 4 heteroatoms. The quantitative estimate of drug-likeness (QED) is 0.842. The Morgan fingerprint density at radius 2 is 2.11 bits per heavy atom. The second-order valence-electron chi connectivity index (χ2n) is 6.40. The maximum absolute atomic E-state index is 12.6. The van der Waals surface area contributed by atoms with Crippen LogP contribution in [0, 0.1) is 5.92 Å². The van der Waals surface area contributed by atoms with Gasteiger partial charge in [0.25, 0.3) is 0 Å². The standard InChI is InChI=1S/C15H29N3O/c1-4-11(2)14(16)15(19)18-10-13-7-5-6-8-17(13)9-12(18)3/h11-14H,4-10,16H2,1-3H3/t11-,12?,13?,14-/m0/s1. The average molecular weight is 267 g/mol. The molecule has 19 heavy (non-hydrogen) atoms. The fourth-order valence-electron chi connectivity index (χ4n) is 3.35. The molecule has 2 aliphatic heterocycles. The van der Waals surface area contributed by atoms with Crippen LogP contribution in [0.15, 0.2) is 0 Å². The lowest BCUT2D eigenvalue weighted by molar-refractivity contribution is -0.140. The largest absolute Gasteiger partial charge is 0.336 e. The van der Waals surface area contributed by atoms with Crippen molar-refractivity contribution in [3.63, 3.8) is 0 Å². The molecule has 1 amide bonds. The van der Waals surface area contributed by atoms with Gasteiger partial charge < -0.3 is 10.6 Å². The molecule has 0 radical (unpaired) electrons. The second kappa shape index (κ2) is 6.23. The van der Waals surface area contributed by atoms with E-state index < -0.39 is 0 Å². The van der Waals surface area contributed by atoms with Gasteiger partial charge in [0.15, 0.2) is 0 Å². The molecule has 4 atom stereocenters. The number of amides is 1. The lowest BCUT2D eigenvalue weighted by atomic mass is 9.94. The van der Waals surface area contributed by atoms with E-state index in [2.05, 4.69) is 25.7 Å². The van der Waals surface area contributed by atoms with Crippen LogP contribution in [0.2, 0.25) is 0 Å². The zero-order chi connectivity index (χ0) is 14.0. The Bertz CT molecular complexity index is 321. The second-order valence-corrected chi connectivity index (χ2v) is 6.40. The van der Waals surface area contributed by atoms with Gasteiger partial charge >= 0.3 is 0 Å². The van der Waals surface area contributed by atoms with Gasteiger partial charge in [-0.15, -0.1) is 0 Å². The molecule has 0 spiro atoms. The van der Waals surface area contributed by atoms with E-state index in [-0.39, 0.29) is 17.9 Å². The molecular weight excluding hydrogens is 238 g/mol. The summed E-state index contributed by atoms with van der Waals surface area (Å²) in [5.41, 5.74) is 6.13. The Balaban J connectivity index is 2.01. The minimum absolute atomic E-state index is 0.159. The number of fused-ring (bicyclic) bond motifs is 1. The van der Waals surface area contributed by atoms with Crippen LogP contribution in [0.1, 0.15) is 46.5 Å². The number of hydrogen-bond donors (Lipinski definition) is 1. The molecule has 0 bridgehead atoms. The summed E-state index contributed by atoms with van der Waals surface area (Å²) in [7, 11) is 0. The number of rotatable bonds is 3. The van der Waals surface area contributed by atoms with E-state index in [9.17, 15) is 4.79 Å². The van der Waals surface area contributed by atoms with E-state index in [4.69, 9.17) is 5.73 Å². The van der Waals surface area contributed by atoms with Gasteiger partial charge in [0.05, 0.1) is 6.04 Å². The van der Waals surface area contributed by atoms with Gasteiger partial charge in [-0.2, -0.15) is 0 Å². The van der Waals surface area contributed by atoms with Crippen molar-refractivity contribution in [1.82, 2.24) is 9.80 Å². The van der Waals surface area contributed by atoms with Gasteiger partial charge in [-0.05, 0) is 32.2 Å². The Kier molecular flexibility index (Phi) is 4.85. The highest BCUT2D eigenvalue weighted by Gasteiger charge is 2.37. The number of hydrogen-bond acceptors (Lipinski definition) is 3. The first-order valence-corrected chi connectivity index (χ1v) is 7.84. The van der Waals surface area contributed by atoms with Crippen molar-refractivity contribution in [2.24, 2.45) is 11.7 Å². The lowest BCUT2D eigenvalue weighted by Gasteiger charge is -2.48. The minimum Gasteiger partial charge on any atom is -0.336 e. The van der Waals surface area contributed by atoms with Crippen molar-refractivity contribution in [3.8, 4) is 0 Å². The first kappa shape index (κ1) is 14.8. The minimum atomic E-state index is -0.331. The molecule has 2 heterocycles. The number of carbonyl (C=O) groups excluding carboxylic acids is 1. The molecule has 2 saturated heterocycles. The molecule has 0 aromatic carbocycles. The van der Waals surface area contributed by atoms with Gasteiger partial charge in [-0.1, -0.05) is 26.7 Å². The highest BCUT2D eigenvalue weighted by Crippen LogP contribution is 2.25. The Morgan fingerprint density at radius 1 is 1.37 bits per heavy atom. The molecule has 2 unspecified atom stereocenters. The zero-order valence-corrected chi connectivity index (χ0v) is 12.6. The third kappa shape index (κ3) is 3.11. The number of nitrogens with two attached hydrogens (primary N) is 1. The van der Waals surface area contributed by atoms with Crippen molar-refractivity contribution < 1.29 is 4.79 Å². The van der Waals surface area contributed by atoms with Crippen LogP contribution >= 0.6 is 0 Å². The summed E-state index contributed by atoms with van der Waals surface area (Å²) in [6.07, 6.45) is 4.80. The molecule has 2 rings (SSSR count). The SMILES string of the molecule is CC[C@H](C)[C@H](N)C(=O)N1CC2CCCCN2CC1C. The first-order chi connectivity index (χ1) is 9.04. The molecule has 0 aromatic heterocycles. The van der Waals surface area contributed by atoms with Gasteiger partial charge in [0, 0.05) is 25.2 Å². The Hall–Kier alpha value is -0.610. The van der Waals surface area contributed by atoms with Crippen LogP contribution in [0.25, 0.3) is 0 Å². The summed E-state index contributed by atoms with van der Waals surface area (Å²) in [6.45, 7) is 9.43. The average Bonchev–Trinajstić information content (AvgIpc) is 2.44. The summed E-state index contributed by atoms with van der Waals surface area (Å²) in [4.78, 5) is 17.2. The zero-order valence-electron chi connectivity index (χ0n) is 12.6. The van der Waals surface area contributed by atoms with Gasteiger partial charge in [0.2, 0.25) is 5.91 Å². The highest BCUT2D eigenvalue weighted by molar-refractivity contribution is 5.82. The van der Waals surface area contributed by atoms with Crippen LogP contribution in [0.5, 0.6) is 0 Å². The van der Waals surface area contributed by atoms with E-state index in [1.54, 1.807) is 0 Å². The topological polar surface area (TPSA) is 49.6 Å². The van der Waals surface area contributed by atoms with Crippen molar-refractivity contribution in [1.29, 1.82) is 0 Å². The molecule has 0 aromatic rings. The molecular formula is C15H29N3O. The summed E-state index contributed by atoms with van der Waals surface area (Å²) < 4.78 is 0. The van der Waals surface area contributed by atoms with Crippen LogP contribution in [-0.2, 0) is 4.79 Å².